The second-order valence-corrected chi connectivity index (χ2v) is 6.11. The van der Waals surface area contributed by atoms with Gasteiger partial charge in [-0.2, -0.15) is 11.3 Å². The minimum absolute atomic E-state index is 0.492. The lowest BCUT2D eigenvalue weighted by atomic mass is 9.51. The molecule has 0 saturated heterocycles. The zero-order chi connectivity index (χ0) is 11.7. The molecule has 2 unspecified atom stereocenters. The van der Waals surface area contributed by atoms with Crippen LogP contribution >= 0.6 is 11.3 Å². The van der Waals surface area contributed by atoms with E-state index in [1.165, 1.54) is 31.2 Å². The summed E-state index contributed by atoms with van der Waals surface area (Å²) in [6.07, 6.45) is 5.84. The summed E-state index contributed by atoms with van der Waals surface area (Å²) in [4.78, 5) is 0. The molecule has 2 nitrogen and oxygen atoms in total. The molecule has 0 amide bonds. The highest BCUT2D eigenvalue weighted by Gasteiger charge is 2.58. The summed E-state index contributed by atoms with van der Waals surface area (Å²) in [5.74, 6) is 0. The van der Waals surface area contributed by atoms with Crippen LogP contribution in [0.2, 0.25) is 0 Å². The van der Waals surface area contributed by atoms with E-state index < -0.39 is 0 Å². The molecular weight excluding hydrogens is 230 g/mol. The second kappa shape index (κ2) is 4.71. The maximum atomic E-state index is 5.86. The van der Waals surface area contributed by atoms with Crippen molar-refractivity contribution < 1.29 is 4.74 Å². The molecule has 94 valence electrons. The molecule has 3 heteroatoms. The molecule has 1 aromatic rings. The van der Waals surface area contributed by atoms with Crippen molar-refractivity contribution in [3.8, 4) is 0 Å². The summed E-state index contributed by atoms with van der Waals surface area (Å²) in [7, 11) is 0. The number of rotatable bonds is 5. The number of hydrogen-bond donors (Lipinski definition) is 1. The molecule has 1 spiro atoms. The van der Waals surface area contributed by atoms with Gasteiger partial charge < -0.3 is 10.1 Å². The van der Waals surface area contributed by atoms with E-state index in [0.717, 1.165) is 13.2 Å². The summed E-state index contributed by atoms with van der Waals surface area (Å²) < 4.78 is 5.86. The van der Waals surface area contributed by atoms with Crippen molar-refractivity contribution in [2.45, 2.75) is 51.3 Å². The fraction of sp³-hybridized carbons (Fsp3) is 0.714. The summed E-state index contributed by atoms with van der Waals surface area (Å²) in [5, 5.41) is 8.12. The van der Waals surface area contributed by atoms with Gasteiger partial charge >= 0.3 is 0 Å². The van der Waals surface area contributed by atoms with Gasteiger partial charge in [0.25, 0.3) is 0 Å². The molecule has 2 atom stereocenters. The van der Waals surface area contributed by atoms with Gasteiger partial charge in [-0.1, -0.05) is 6.42 Å². The smallest absolute Gasteiger partial charge is 0.0661 e. The Kier molecular flexibility index (Phi) is 3.24. The summed E-state index contributed by atoms with van der Waals surface area (Å²) in [6.45, 7) is 4.00. The van der Waals surface area contributed by atoms with Crippen LogP contribution in [0.4, 0.5) is 0 Å². The molecule has 1 aromatic heterocycles. The first-order valence-electron chi connectivity index (χ1n) is 6.71. The third kappa shape index (κ3) is 1.94. The Balaban J connectivity index is 1.55. The van der Waals surface area contributed by atoms with Gasteiger partial charge in [0.1, 0.15) is 0 Å². The molecule has 0 aromatic carbocycles. The molecule has 2 saturated carbocycles. The van der Waals surface area contributed by atoms with Crippen molar-refractivity contribution in [2.75, 3.05) is 6.61 Å². The first-order valence-corrected chi connectivity index (χ1v) is 7.65. The quantitative estimate of drug-likeness (QED) is 0.868. The van der Waals surface area contributed by atoms with E-state index >= 15 is 0 Å². The molecule has 17 heavy (non-hydrogen) atoms. The van der Waals surface area contributed by atoms with Crippen LogP contribution in [0.3, 0.4) is 0 Å². The Morgan fingerprint density at radius 1 is 1.53 bits per heavy atom. The zero-order valence-corrected chi connectivity index (χ0v) is 11.3. The third-order valence-electron chi connectivity index (χ3n) is 4.57. The molecule has 1 heterocycles. The van der Waals surface area contributed by atoms with E-state index in [-0.39, 0.29) is 0 Å². The Bertz CT molecular complexity index is 358. The van der Waals surface area contributed by atoms with Gasteiger partial charge in [0, 0.05) is 24.6 Å². The number of thiophene rings is 1. The van der Waals surface area contributed by atoms with E-state index in [2.05, 4.69) is 29.1 Å². The van der Waals surface area contributed by atoms with E-state index in [0.29, 0.717) is 17.6 Å². The molecular formula is C14H21NOS. The highest BCUT2D eigenvalue weighted by molar-refractivity contribution is 7.07. The largest absolute Gasteiger partial charge is 0.378 e. The Morgan fingerprint density at radius 3 is 3.00 bits per heavy atom. The molecule has 2 aliphatic carbocycles. The van der Waals surface area contributed by atoms with E-state index in [4.69, 9.17) is 4.74 Å². The fourth-order valence-corrected chi connectivity index (χ4v) is 4.03. The van der Waals surface area contributed by atoms with Gasteiger partial charge in [-0.05, 0) is 48.6 Å². The maximum Gasteiger partial charge on any atom is 0.0661 e. The van der Waals surface area contributed by atoms with Gasteiger partial charge in [0.2, 0.25) is 0 Å². The van der Waals surface area contributed by atoms with Crippen LogP contribution < -0.4 is 5.32 Å². The average molecular weight is 251 g/mol. The molecule has 1 N–H and O–H groups in total. The summed E-state index contributed by atoms with van der Waals surface area (Å²) in [5.41, 5.74) is 1.91. The van der Waals surface area contributed by atoms with Crippen LogP contribution in [-0.4, -0.2) is 18.8 Å². The van der Waals surface area contributed by atoms with Crippen LogP contribution in [0.15, 0.2) is 16.8 Å². The van der Waals surface area contributed by atoms with Crippen LogP contribution in [0.1, 0.15) is 38.2 Å². The van der Waals surface area contributed by atoms with Crippen molar-refractivity contribution in [1.29, 1.82) is 0 Å². The second-order valence-electron chi connectivity index (χ2n) is 5.33. The lowest BCUT2D eigenvalue weighted by Gasteiger charge is -2.61. The van der Waals surface area contributed by atoms with Crippen LogP contribution in [0.5, 0.6) is 0 Å². The lowest BCUT2D eigenvalue weighted by molar-refractivity contribution is -0.173. The number of nitrogens with one attached hydrogen (secondary N) is 1. The van der Waals surface area contributed by atoms with Gasteiger partial charge in [-0.25, -0.2) is 0 Å². The van der Waals surface area contributed by atoms with Gasteiger partial charge in [-0.3, -0.25) is 0 Å². The predicted octanol–water partition coefficient (Wildman–Crippen LogP) is 3.19. The highest BCUT2D eigenvalue weighted by Crippen LogP contribution is 2.57. The third-order valence-corrected chi connectivity index (χ3v) is 5.30. The topological polar surface area (TPSA) is 21.3 Å². The Labute approximate surface area is 107 Å². The van der Waals surface area contributed by atoms with E-state index in [9.17, 15) is 0 Å². The molecule has 2 aliphatic rings. The SMILES string of the molecule is CCOC1CC(NCc2ccsc2)C12CCC2. The van der Waals surface area contributed by atoms with Crippen molar-refractivity contribution in [1.82, 2.24) is 5.32 Å². The summed E-state index contributed by atoms with van der Waals surface area (Å²) in [6, 6.07) is 2.90. The number of hydrogen-bond acceptors (Lipinski definition) is 3. The molecule has 3 rings (SSSR count). The average Bonchev–Trinajstić information content (AvgIpc) is 2.72. The van der Waals surface area contributed by atoms with Crippen molar-refractivity contribution in [2.24, 2.45) is 5.41 Å². The van der Waals surface area contributed by atoms with Crippen molar-refractivity contribution in [3.63, 3.8) is 0 Å². The minimum atomic E-state index is 0.492. The first-order chi connectivity index (χ1) is 8.35. The van der Waals surface area contributed by atoms with Gasteiger partial charge in [0.05, 0.1) is 6.10 Å². The molecule has 0 bridgehead atoms. The maximum absolute atomic E-state index is 5.86. The molecule has 2 fully saturated rings. The predicted molar refractivity (Wildman–Crippen MR) is 71.3 cm³/mol. The van der Waals surface area contributed by atoms with E-state index in [1.807, 2.05) is 0 Å². The molecule has 0 aliphatic heterocycles. The van der Waals surface area contributed by atoms with E-state index in [1.54, 1.807) is 11.3 Å². The van der Waals surface area contributed by atoms with Crippen LogP contribution in [0.25, 0.3) is 0 Å². The minimum Gasteiger partial charge on any atom is -0.378 e. The Hall–Kier alpha value is -0.380. The molecule has 0 radical (unpaired) electrons. The zero-order valence-electron chi connectivity index (χ0n) is 10.4. The lowest BCUT2D eigenvalue weighted by Crippen LogP contribution is -2.66. The normalized spacial score (nSPS) is 29.9. The highest BCUT2D eigenvalue weighted by atomic mass is 32.1. The standard InChI is InChI=1S/C14H21NOS/c1-2-16-13-8-12(14(13)5-3-6-14)15-9-11-4-7-17-10-11/h4,7,10,12-13,15H,2-3,5-6,8-9H2,1H3. The summed E-state index contributed by atoms with van der Waals surface area (Å²) >= 11 is 1.78. The Morgan fingerprint density at radius 2 is 2.41 bits per heavy atom. The number of ether oxygens (including phenoxy) is 1. The van der Waals surface area contributed by atoms with Crippen LogP contribution in [0, 0.1) is 5.41 Å². The fourth-order valence-electron chi connectivity index (χ4n) is 3.36. The van der Waals surface area contributed by atoms with Crippen molar-refractivity contribution in [3.05, 3.63) is 22.4 Å². The van der Waals surface area contributed by atoms with Crippen molar-refractivity contribution >= 4 is 11.3 Å². The monoisotopic (exact) mass is 251 g/mol. The van der Waals surface area contributed by atoms with Gasteiger partial charge in [0.15, 0.2) is 0 Å². The van der Waals surface area contributed by atoms with Crippen LogP contribution in [-0.2, 0) is 11.3 Å². The first kappa shape index (κ1) is 11.7. The van der Waals surface area contributed by atoms with Gasteiger partial charge in [-0.15, -0.1) is 0 Å².